The van der Waals surface area contributed by atoms with Crippen LogP contribution in [0.25, 0.3) is 0 Å². The van der Waals surface area contributed by atoms with Gasteiger partial charge in [0.25, 0.3) is 0 Å². The fourth-order valence-electron chi connectivity index (χ4n) is 4.70. The first kappa shape index (κ1) is 17.1. The fourth-order valence-corrected chi connectivity index (χ4v) is 4.70. The van der Waals surface area contributed by atoms with Gasteiger partial charge in [-0.25, -0.2) is 0 Å². The normalized spacial score (nSPS) is 35.4. The second-order valence-electron chi connectivity index (χ2n) is 7.29. The molecule has 22 heavy (non-hydrogen) atoms. The molecular formula is C20H30O2. The van der Waals surface area contributed by atoms with Gasteiger partial charge in [0.15, 0.2) is 0 Å². The van der Waals surface area contributed by atoms with E-state index in [1.807, 2.05) is 13.0 Å². The number of carbonyl (C=O) groups is 1. The second kappa shape index (κ2) is 6.44. The number of carbonyl (C=O) groups excluding carboxylic acids is 1. The van der Waals surface area contributed by atoms with Gasteiger partial charge in [-0.15, -0.1) is 0 Å². The molecule has 3 atom stereocenters. The van der Waals surface area contributed by atoms with Gasteiger partial charge in [-0.2, -0.15) is 0 Å². The molecule has 1 fully saturated rings. The molecule has 2 heteroatoms. The van der Waals surface area contributed by atoms with E-state index in [4.69, 9.17) is 4.74 Å². The van der Waals surface area contributed by atoms with Crippen LogP contribution in [0.1, 0.15) is 59.3 Å². The predicted molar refractivity (Wildman–Crippen MR) is 91.5 cm³/mol. The zero-order valence-corrected chi connectivity index (χ0v) is 14.6. The van der Waals surface area contributed by atoms with E-state index in [0.29, 0.717) is 5.92 Å². The Hall–Kier alpha value is -1.31. The number of rotatable bonds is 4. The number of hydrogen-bond acceptors (Lipinski definition) is 2. The molecule has 0 heterocycles. The molecule has 2 aliphatic carbocycles. The van der Waals surface area contributed by atoms with Crippen LogP contribution in [0.2, 0.25) is 0 Å². The summed E-state index contributed by atoms with van der Waals surface area (Å²) in [6.45, 7) is 10.5. The third kappa shape index (κ3) is 2.68. The van der Waals surface area contributed by atoms with Gasteiger partial charge in [0, 0.05) is 0 Å². The number of esters is 1. The summed E-state index contributed by atoms with van der Waals surface area (Å²) in [6.07, 6.45) is 12.5. The van der Waals surface area contributed by atoms with Gasteiger partial charge < -0.3 is 4.74 Å². The summed E-state index contributed by atoms with van der Waals surface area (Å²) in [7, 11) is 1.53. The lowest BCUT2D eigenvalue weighted by atomic mass is 9.49. The van der Waals surface area contributed by atoms with Crippen molar-refractivity contribution in [3.63, 3.8) is 0 Å². The first-order valence-electron chi connectivity index (χ1n) is 8.45. The molecule has 0 N–H and O–H groups in total. The number of allylic oxidation sites excluding steroid dienone is 5. The fraction of sp³-hybridized carbons (Fsp3) is 0.650. The van der Waals surface area contributed by atoms with Crippen LogP contribution >= 0.6 is 0 Å². The van der Waals surface area contributed by atoms with E-state index < -0.39 is 0 Å². The number of ether oxygens (including phenoxy) is 1. The predicted octanol–water partition coefficient (Wildman–Crippen LogP) is 5.21. The smallest absolute Gasteiger partial charge is 0.312 e. The first-order valence-corrected chi connectivity index (χ1v) is 8.45. The van der Waals surface area contributed by atoms with Crippen LogP contribution in [0.4, 0.5) is 0 Å². The average molecular weight is 302 g/mol. The van der Waals surface area contributed by atoms with Gasteiger partial charge >= 0.3 is 5.97 Å². The van der Waals surface area contributed by atoms with E-state index in [0.717, 1.165) is 37.7 Å². The average Bonchev–Trinajstić information content (AvgIpc) is 2.52. The van der Waals surface area contributed by atoms with E-state index in [2.05, 4.69) is 32.6 Å². The summed E-state index contributed by atoms with van der Waals surface area (Å²) >= 11 is 0. The van der Waals surface area contributed by atoms with Crippen LogP contribution in [-0.4, -0.2) is 13.1 Å². The highest BCUT2D eigenvalue weighted by Gasteiger charge is 2.56. The lowest BCUT2D eigenvalue weighted by molar-refractivity contribution is -0.164. The summed E-state index contributed by atoms with van der Waals surface area (Å²) < 4.78 is 5.27. The van der Waals surface area contributed by atoms with Crippen molar-refractivity contribution in [1.29, 1.82) is 0 Å². The number of fused-ring (bicyclic) bond motifs is 1. The molecule has 0 saturated heterocycles. The molecule has 0 aliphatic heterocycles. The number of hydrogen-bond donors (Lipinski definition) is 0. The standard InChI is InChI=1S/C20H30O2/c1-6-15(2)11-14-20(18(21)22-5)13-8-12-19(4)16(3)9-7-10-17(19)20/h6,9,11,17H,1,7-8,10,12-14H2,2-5H3/b15-11-/t17-,19-,20-/m0/s1. The maximum atomic E-state index is 12.8. The summed E-state index contributed by atoms with van der Waals surface area (Å²) in [5.41, 5.74) is 2.36. The zero-order valence-electron chi connectivity index (χ0n) is 14.6. The van der Waals surface area contributed by atoms with Crippen molar-refractivity contribution in [2.75, 3.05) is 7.11 Å². The van der Waals surface area contributed by atoms with Gasteiger partial charge in [-0.1, -0.05) is 49.3 Å². The Balaban J connectivity index is 2.46. The summed E-state index contributed by atoms with van der Waals surface area (Å²) in [5.74, 6) is 0.353. The minimum absolute atomic E-state index is 0.0220. The van der Waals surface area contributed by atoms with Gasteiger partial charge in [0.1, 0.15) is 0 Å². The lowest BCUT2D eigenvalue weighted by Crippen LogP contribution is -2.51. The third-order valence-electron chi connectivity index (χ3n) is 6.26. The molecule has 2 nitrogen and oxygen atoms in total. The van der Waals surface area contributed by atoms with Gasteiger partial charge in [-0.05, 0) is 57.3 Å². The van der Waals surface area contributed by atoms with Crippen LogP contribution in [0.15, 0.2) is 36.0 Å². The van der Waals surface area contributed by atoms with E-state index in [9.17, 15) is 4.79 Å². The third-order valence-corrected chi connectivity index (χ3v) is 6.26. The van der Waals surface area contributed by atoms with Crippen molar-refractivity contribution in [3.8, 4) is 0 Å². The molecule has 0 bridgehead atoms. The van der Waals surface area contributed by atoms with Crippen LogP contribution in [0.3, 0.4) is 0 Å². The molecule has 0 amide bonds. The molecule has 0 aromatic heterocycles. The van der Waals surface area contributed by atoms with Crippen molar-refractivity contribution < 1.29 is 9.53 Å². The molecule has 2 rings (SSSR count). The molecular weight excluding hydrogens is 272 g/mol. The maximum absolute atomic E-state index is 12.8. The van der Waals surface area contributed by atoms with E-state index in [-0.39, 0.29) is 16.8 Å². The minimum atomic E-state index is -0.373. The molecule has 1 saturated carbocycles. The van der Waals surface area contributed by atoms with Gasteiger partial charge in [0.2, 0.25) is 0 Å². The zero-order chi connectivity index (χ0) is 16.4. The monoisotopic (exact) mass is 302 g/mol. The molecule has 0 unspecified atom stereocenters. The highest BCUT2D eigenvalue weighted by Crippen LogP contribution is 2.60. The molecule has 122 valence electrons. The van der Waals surface area contributed by atoms with E-state index in [1.54, 1.807) is 0 Å². The highest BCUT2D eigenvalue weighted by molar-refractivity contribution is 5.78. The van der Waals surface area contributed by atoms with Crippen molar-refractivity contribution in [2.24, 2.45) is 16.7 Å². The molecule has 0 spiro atoms. The summed E-state index contributed by atoms with van der Waals surface area (Å²) in [5, 5.41) is 0. The van der Waals surface area contributed by atoms with Crippen molar-refractivity contribution in [2.45, 2.75) is 59.3 Å². The van der Waals surface area contributed by atoms with Crippen LogP contribution < -0.4 is 0 Å². The summed E-state index contributed by atoms with van der Waals surface area (Å²) in [6, 6.07) is 0. The van der Waals surface area contributed by atoms with E-state index >= 15 is 0 Å². The quantitative estimate of drug-likeness (QED) is 0.404. The van der Waals surface area contributed by atoms with E-state index in [1.165, 1.54) is 19.1 Å². The molecule has 0 aromatic carbocycles. The minimum Gasteiger partial charge on any atom is -0.469 e. The van der Waals surface area contributed by atoms with Crippen molar-refractivity contribution in [3.05, 3.63) is 36.0 Å². The Morgan fingerprint density at radius 2 is 2.23 bits per heavy atom. The Kier molecular flexibility index (Phi) is 4.99. The SMILES string of the molecule is C=C/C(C)=C\C[C@@]1(C(=O)OC)CCC[C@@]2(C)C(C)=CCC[C@H]12. The largest absolute Gasteiger partial charge is 0.469 e. The van der Waals surface area contributed by atoms with Crippen molar-refractivity contribution in [1.82, 2.24) is 0 Å². The van der Waals surface area contributed by atoms with Crippen LogP contribution in [0.5, 0.6) is 0 Å². The van der Waals surface area contributed by atoms with Crippen LogP contribution in [-0.2, 0) is 9.53 Å². The maximum Gasteiger partial charge on any atom is 0.312 e. The Morgan fingerprint density at radius 3 is 2.86 bits per heavy atom. The molecule has 0 radical (unpaired) electrons. The van der Waals surface area contributed by atoms with Gasteiger partial charge in [-0.3, -0.25) is 4.79 Å². The second-order valence-corrected chi connectivity index (χ2v) is 7.29. The summed E-state index contributed by atoms with van der Waals surface area (Å²) in [4.78, 5) is 12.8. The number of methoxy groups -OCH3 is 1. The molecule has 0 aromatic rings. The highest BCUT2D eigenvalue weighted by atomic mass is 16.5. The first-order chi connectivity index (χ1) is 10.4. The van der Waals surface area contributed by atoms with Crippen molar-refractivity contribution >= 4 is 5.97 Å². The van der Waals surface area contributed by atoms with Crippen LogP contribution in [0, 0.1) is 16.7 Å². The van der Waals surface area contributed by atoms with Gasteiger partial charge in [0.05, 0.1) is 12.5 Å². The lowest BCUT2D eigenvalue weighted by Gasteiger charge is -2.54. The Labute approximate surface area is 135 Å². The topological polar surface area (TPSA) is 26.3 Å². The Bertz CT molecular complexity index is 514. The molecule has 2 aliphatic rings. The Morgan fingerprint density at radius 1 is 1.50 bits per heavy atom.